The van der Waals surface area contributed by atoms with Crippen LogP contribution in [0.4, 0.5) is 0 Å². The molecule has 3 aliphatic rings. The Labute approximate surface area is 228 Å². The first-order valence-corrected chi connectivity index (χ1v) is 15.0. The van der Waals surface area contributed by atoms with E-state index in [4.69, 9.17) is 4.74 Å². The predicted molar refractivity (Wildman–Crippen MR) is 141 cm³/mol. The summed E-state index contributed by atoms with van der Waals surface area (Å²) in [5.41, 5.74) is 1.17. The fourth-order valence-corrected chi connectivity index (χ4v) is 7.34. The molecule has 3 heterocycles. The molecule has 2 aliphatic heterocycles. The summed E-state index contributed by atoms with van der Waals surface area (Å²) >= 11 is 0. The van der Waals surface area contributed by atoms with Crippen molar-refractivity contribution in [3.8, 4) is 0 Å². The van der Waals surface area contributed by atoms with Crippen LogP contribution < -0.4 is 5.32 Å². The van der Waals surface area contributed by atoms with E-state index in [9.17, 15) is 22.8 Å². The molecule has 2 fully saturated rings. The molecule has 1 saturated carbocycles. The van der Waals surface area contributed by atoms with Gasteiger partial charge >= 0.3 is 0 Å². The van der Waals surface area contributed by atoms with Gasteiger partial charge in [0.05, 0.1) is 17.4 Å². The smallest absolute Gasteiger partial charge is 0.269 e. The fourth-order valence-electron chi connectivity index (χ4n) is 5.82. The van der Waals surface area contributed by atoms with Gasteiger partial charge < -0.3 is 15.0 Å². The van der Waals surface area contributed by atoms with Crippen molar-refractivity contribution in [1.29, 1.82) is 0 Å². The largest absolute Gasteiger partial charge is 0.376 e. The minimum absolute atomic E-state index is 0.000414. The topological polar surface area (TPSA) is 131 Å². The van der Waals surface area contributed by atoms with Gasteiger partial charge in [0.1, 0.15) is 17.5 Å². The molecule has 2 atom stereocenters. The first-order chi connectivity index (χ1) is 18.7. The normalized spacial score (nSPS) is 21.5. The Bertz CT molecular complexity index is 1360. The van der Waals surface area contributed by atoms with Gasteiger partial charge in [-0.3, -0.25) is 19.1 Å². The minimum Gasteiger partial charge on any atom is -0.376 e. The van der Waals surface area contributed by atoms with E-state index in [0.717, 1.165) is 38.5 Å². The number of hydrogen-bond donors (Lipinski definition) is 1. The maximum Gasteiger partial charge on any atom is 0.269 e. The van der Waals surface area contributed by atoms with Crippen LogP contribution in [0.15, 0.2) is 35.4 Å². The van der Waals surface area contributed by atoms with Crippen LogP contribution in [0.25, 0.3) is 0 Å². The molecule has 39 heavy (non-hydrogen) atoms. The van der Waals surface area contributed by atoms with Crippen LogP contribution in [0.3, 0.4) is 0 Å². The quantitative estimate of drug-likeness (QED) is 0.526. The molecule has 12 heteroatoms. The number of aromatic nitrogens is 2. The highest BCUT2D eigenvalue weighted by molar-refractivity contribution is 7.90. The zero-order valence-electron chi connectivity index (χ0n) is 22.3. The highest BCUT2D eigenvalue weighted by Crippen LogP contribution is 2.32. The number of sulfonamides is 1. The Morgan fingerprint density at radius 3 is 2.54 bits per heavy atom. The molecule has 5 rings (SSSR count). The highest BCUT2D eigenvalue weighted by atomic mass is 32.2. The molecule has 1 aromatic heterocycles. The maximum absolute atomic E-state index is 14.0. The van der Waals surface area contributed by atoms with E-state index < -0.39 is 34.4 Å². The lowest BCUT2D eigenvalue weighted by atomic mass is 9.94. The van der Waals surface area contributed by atoms with Crippen LogP contribution in [-0.4, -0.2) is 77.0 Å². The van der Waals surface area contributed by atoms with E-state index in [1.807, 2.05) is 0 Å². The van der Waals surface area contributed by atoms with Crippen molar-refractivity contribution in [1.82, 2.24) is 24.3 Å². The monoisotopic (exact) mass is 557 g/mol. The summed E-state index contributed by atoms with van der Waals surface area (Å²) in [5.74, 6) is -1.75. The first-order valence-electron chi connectivity index (χ1n) is 13.5. The lowest BCUT2D eigenvalue weighted by Crippen LogP contribution is -2.52. The Morgan fingerprint density at radius 1 is 1.15 bits per heavy atom. The van der Waals surface area contributed by atoms with Gasteiger partial charge in [-0.2, -0.15) is 5.10 Å². The number of fused-ring (bicyclic) bond motifs is 1. The number of aryl methyl sites for hydroxylation is 2. The number of nitrogens with zero attached hydrogens (tertiary/aromatic N) is 4. The first kappa shape index (κ1) is 27.3. The van der Waals surface area contributed by atoms with E-state index in [2.05, 4.69) is 10.4 Å². The van der Waals surface area contributed by atoms with Crippen LogP contribution in [0.5, 0.6) is 0 Å². The van der Waals surface area contributed by atoms with Crippen LogP contribution >= 0.6 is 0 Å². The zero-order chi connectivity index (χ0) is 27.7. The molecule has 210 valence electrons. The van der Waals surface area contributed by atoms with Gasteiger partial charge in [0.2, 0.25) is 11.8 Å². The highest BCUT2D eigenvalue weighted by Gasteiger charge is 2.44. The molecule has 1 N–H and O–H groups in total. The predicted octanol–water partition coefficient (Wildman–Crippen LogP) is 2.07. The summed E-state index contributed by atoms with van der Waals surface area (Å²) in [6.45, 7) is 1.70. The number of benzene rings is 1. The van der Waals surface area contributed by atoms with Gasteiger partial charge in [-0.05, 0) is 44.7 Å². The lowest BCUT2D eigenvalue weighted by molar-refractivity contribution is -0.143. The van der Waals surface area contributed by atoms with Crippen LogP contribution in [0.1, 0.15) is 72.6 Å². The third-order valence-electron chi connectivity index (χ3n) is 7.79. The lowest BCUT2D eigenvalue weighted by Gasteiger charge is -2.35. The van der Waals surface area contributed by atoms with E-state index in [-0.39, 0.29) is 35.1 Å². The fraction of sp³-hybridized carbons (Fsp3) is 0.556. The summed E-state index contributed by atoms with van der Waals surface area (Å²) in [7, 11) is -2.46. The Balaban J connectivity index is 1.49. The number of rotatable bonds is 8. The van der Waals surface area contributed by atoms with Crippen molar-refractivity contribution < 1.29 is 27.5 Å². The molecule has 0 unspecified atom stereocenters. The number of ether oxygens (including phenoxy) is 1. The molecule has 2 aromatic rings. The molecule has 0 bridgehead atoms. The third-order valence-corrected chi connectivity index (χ3v) is 9.58. The standard InChI is InChI=1S/C27H35N5O6S/c1-18-22(16-30(2)29-18)25(26(34)28-19-9-4-3-5-10-19)31(15-20-11-8-14-38-20)24(33)17-32-27(35)21-12-6-7-13-23(21)39(32,36)37/h6-7,12-13,16,19-20,25H,3-5,8-11,14-15,17H2,1-2H3,(H,28,34)/t20-,25-/m1/s1. The van der Waals surface area contributed by atoms with Crippen molar-refractivity contribution in [2.75, 3.05) is 19.7 Å². The van der Waals surface area contributed by atoms with E-state index in [1.165, 1.54) is 23.1 Å². The van der Waals surface area contributed by atoms with Gasteiger partial charge in [-0.25, -0.2) is 12.7 Å². The molecule has 1 aliphatic carbocycles. The molecule has 1 saturated heterocycles. The second-order valence-electron chi connectivity index (χ2n) is 10.6. The van der Waals surface area contributed by atoms with E-state index in [1.54, 1.807) is 30.9 Å². The summed E-state index contributed by atoms with van der Waals surface area (Å²) in [4.78, 5) is 42.2. The van der Waals surface area contributed by atoms with Gasteiger partial charge in [0.25, 0.3) is 15.9 Å². The van der Waals surface area contributed by atoms with Gasteiger partial charge in [-0.15, -0.1) is 0 Å². The SMILES string of the molecule is Cc1nn(C)cc1[C@H](C(=O)NC1CCCCC1)N(C[C@H]1CCCO1)C(=O)CN1C(=O)c2ccccc2S1(=O)=O. The van der Waals surface area contributed by atoms with Crippen molar-refractivity contribution in [3.63, 3.8) is 0 Å². The second kappa shape index (κ2) is 11.1. The minimum atomic E-state index is -4.20. The van der Waals surface area contributed by atoms with Gasteiger partial charge in [-0.1, -0.05) is 31.4 Å². The van der Waals surface area contributed by atoms with Crippen LogP contribution in [0.2, 0.25) is 0 Å². The number of hydrogen-bond acceptors (Lipinski definition) is 7. The van der Waals surface area contributed by atoms with Crippen molar-refractivity contribution in [2.24, 2.45) is 7.05 Å². The van der Waals surface area contributed by atoms with Crippen LogP contribution in [-0.2, 0) is 31.4 Å². The summed E-state index contributed by atoms with van der Waals surface area (Å²) < 4.78 is 34.4. The maximum atomic E-state index is 14.0. The summed E-state index contributed by atoms with van der Waals surface area (Å²) in [6.07, 6.45) is 7.84. The average Bonchev–Trinajstić information content (AvgIpc) is 3.59. The molecule has 0 radical (unpaired) electrons. The molecule has 3 amide bonds. The van der Waals surface area contributed by atoms with Crippen molar-refractivity contribution in [2.45, 2.75) is 75.0 Å². The van der Waals surface area contributed by atoms with Gasteiger partial charge in [0, 0.05) is 38.0 Å². The summed E-state index contributed by atoms with van der Waals surface area (Å²) in [6, 6.07) is 4.86. The Kier molecular flexibility index (Phi) is 7.77. The second-order valence-corrected chi connectivity index (χ2v) is 12.4. The molecule has 1 aromatic carbocycles. The number of nitrogens with one attached hydrogen (secondary N) is 1. The third kappa shape index (κ3) is 5.44. The molecular formula is C27H35N5O6S. The van der Waals surface area contributed by atoms with Crippen molar-refractivity contribution >= 4 is 27.7 Å². The molecular weight excluding hydrogens is 522 g/mol. The summed E-state index contributed by atoms with van der Waals surface area (Å²) in [5, 5.41) is 7.54. The number of carbonyl (C=O) groups is 3. The molecule has 11 nitrogen and oxygen atoms in total. The van der Waals surface area contributed by atoms with E-state index in [0.29, 0.717) is 28.6 Å². The van der Waals surface area contributed by atoms with Gasteiger partial charge in [0.15, 0.2) is 0 Å². The Hall–Kier alpha value is -3.25. The van der Waals surface area contributed by atoms with E-state index >= 15 is 0 Å². The molecule has 0 spiro atoms. The Morgan fingerprint density at radius 2 is 1.90 bits per heavy atom. The zero-order valence-corrected chi connectivity index (χ0v) is 23.2. The number of amides is 3. The number of carbonyl (C=O) groups excluding carboxylic acids is 3. The van der Waals surface area contributed by atoms with Crippen LogP contribution in [0, 0.1) is 6.92 Å². The average molecular weight is 558 g/mol. The van der Waals surface area contributed by atoms with Crippen molar-refractivity contribution in [3.05, 3.63) is 47.3 Å².